The van der Waals surface area contributed by atoms with Gasteiger partial charge >= 0.3 is 0 Å². The summed E-state index contributed by atoms with van der Waals surface area (Å²) in [6.07, 6.45) is 0. The molecule has 0 atom stereocenters. The van der Waals surface area contributed by atoms with E-state index < -0.39 is 0 Å². The third-order valence-electron chi connectivity index (χ3n) is 4.67. The van der Waals surface area contributed by atoms with Gasteiger partial charge in [-0.15, -0.1) is 0 Å². The van der Waals surface area contributed by atoms with Gasteiger partial charge in [-0.1, -0.05) is 64.0 Å². The molecule has 0 bridgehead atoms. The Labute approximate surface area is 180 Å². The number of hydrogen-bond donors (Lipinski definition) is 1. The van der Waals surface area contributed by atoms with Crippen molar-refractivity contribution in [2.45, 2.75) is 26.6 Å². The highest BCUT2D eigenvalue weighted by molar-refractivity contribution is 9.10. The second-order valence-corrected chi connectivity index (χ2v) is 7.64. The number of para-hydroxylation sites is 1. The number of ether oxygens (including phenoxy) is 3. The van der Waals surface area contributed by atoms with Gasteiger partial charge in [0.1, 0.15) is 12.4 Å². The van der Waals surface area contributed by atoms with Gasteiger partial charge in [-0.25, -0.2) is 0 Å². The third kappa shape index (κ3) is 5.75. The number of methoxy groups -OCH3 is 2. The smallest absolute Gasteiger partial charge is 0.162 e. The SMILES string of the molecule is COc1ccccc1CNCc1cc(OC)c(OCc2ccc(C)cc2)cc1Br. The first-order chi connectivity index (χ1) is 14.1. The van der Waals surface area contributed by atoms with Crippen LogP contribution in [-0.2, 0) is 19.7 Å². The number of halogens is 1. The lowest BCUT2D eigenvalue weighted by atomic mass is 10.1. The number of benzene rings is 3. The Morgan fingerprint density at radius 1 is 0.793 bits per heavy atom. The maximum Gasteiger partial charge on any atom is 0.162 e. The van der Waals surface area contributed by atoms with E-state index in [-0.39, 0.29) is 0 Å². The molecule has 0 heterocycles. The van der Waals surface area contributed by atoms with Crippen LogP contribution in [0.4, 0.5) is 0 Å². The van der Waals surface area contributed by atoms with Crippen LogP contribution in [0.15, 0.2) is 65.1 Å². The predicted octanol–water partition coefficient (Wildman–Crippen LogP) is 5.64. The van der Waals surface area contributed by atoms with Crippen LogP contribution in [0.2, 0.25) is 0 Å². The highest BCUT2D eigenvalue weighted by Gasteiger charge is 2.11. The van der Waals surface area contributed by atoms with Crippen LogP contribution in [0.3, 0.4) is 0 Å². The average molecular weight is 456 g/mol. The Kier molecular flexibility index (Phi) is 7.55. The van der Waals surface area contributed by atoms with E-state index in [0.29, 0.717) is 25.4 Å². The Morgan fingerprint density at radius 2 is 1.48 bits per heavy atom. The van der Waals surface area contributed by atoms with Crippen molar-refractivity contribution in [3.8, 4) is 17.2 Å². The minimum atomic E-state index is 0.495. The minimum absolute atomic E-state index is 0.495. The van der Waals surface area contributed by atoms with E-state index in [2.05, 4.69) is 58.5 Å². The summed E-state index contributed by atoms with van der Waals surface area (Å²) in [6.45, 7) is 3.97. The second-order valence-electron chi connectivity index (χ2n) is 6.78. The summed E-state index contributed by atoms with van der Waals surface area (Å²) in [5.74, 6) is 2.32. The molecule has 0 aliphatic rings. The second kappa shape index (κ2) is 10.3. The molecule has 0 aliphatic heterocycles. The molecule has 3 rings (SSSR count). The average Bonchev–Trinajstić information content (AvgIpc) is 2.75. The van der Waals surface area contributed by atoms with Crippen LogP contribution in [0.25, 0.3) is 0 Å². The first kappa shape index (κ1) is 21.2. The summed E-state index contributed by atoms with van der Waals surface area (Å²) in [5.41, 5.74) is 4.57. The summed E-state index contributed by atoms with van der Waals surface area (Å²) < 4.78 is 17.9. The molecule has 3 aromatic rings. The van der Waals surface area contributed by atoms with Crippen molar-refractivity contribution < 1.29 is 14.2 Å². The Morgan fingerprint density at radius 3 is 2.21 bits per heavy atom. The molecular formula is C24H26BrNO3. The largest absolute Gasteiger partial charge is 0.496 e. The predicted molar refractivity (Wildman–Crippen MR) is 120 cm³/mol. The number of rotatable bonds is 9. The first-order valence-corrected chi connectivity index (χ1v) is 10.3. The summed E-state index contributed by atoms with van der Waals surface area (Å²) in [7, 11) is 3.35. The fraction of sp³-hybridized carbons (Fsp3) is 0.250. The van der Waals surface area contributed by atoms with Crippen LogP contribution >= 0.6 is 15.9 Å². The quantitative estimate of drug-likeness (QED) is 0.452. The molecule has 0 spiro atoms. The van der Waals surface area contributed by atoms with Gasteiger partial charge in [0.25, 0.3) is 0 Å². The fourth-order valence-electron chi connectivity index (χ4n) is 3.01. The first-order valence-electron chi connectivity index (χ1n) is 9.48. The highest BCUT2D eigenvalue weighted by atomic mass is 79.9. The van der Waals surface area contributed by atoms with Crippen LogP contribution in [0, 0.1) is 6.92 Å². The molecule has 1 N–H and O–H groups in total. The third-order valence-corrected chi connectivity index (χ3v) is 5.41. The lowest BCUT2D eigenvalue weighted by Crippen LogP contribution is -2.14. The zero-order valence-electron chi connectivity index (χ0n) is 17.0. The molecule has 29 heavy (non-hydrogen) atoms. The number of aryl methyl sites for hydroxylation is 1. The van der Waals surface area contributed by atoms with Crippen molar-refractivity contribution in [1.29, 1.82) is 0 Å². The molecule has 0 unspecified atom stereocenters. The molecule has 152 valence electrons. The molecule has 0 radical (unpaired) electrons. The normalized spacial score (nSPS) is 10.6. The Balaban J connectivity index is 1.65. The molecule has 0 aromatic heterocycles. The minimum Gasteiger partial charge on any atom is -0.496 e. The van der Waals surface area contributed by atoms with E-state index in [0.717, 1.165) is 32.7 Å². The van der Waals surface area contributed by atoms with Crippen molar-refractivity contribution >= 4 is 15.9 Å². The van der Waals surface area contributed by atoms with Gasteiger partial charge in [-0.2, -0.15) is 0 Å². The molecule has 5 heteroatoms. The molecule has 0 saturated heterocycles. The van der Waals surface area contributed by atoms with Gasteiger partial charge in [-0.05, 0) is 36.2 Å². The summed E-state index contributed by atoms with van der Waals surface area (Å²) >= 11 is 3.66. The summed E-state index contributed by atoms with van der Waals surface area (Å²) in [6, 6.07) is 20.3. The topological polar surface area (TPSA) is 39.7 Å². The number of hydrogen-bond acceptors (Lipinski definition) is 4. The van der Waals surface area contributed by atoms with Crippen LogP contribution < -0.4 is 19.5 Å². The van der Waals surface area contributed by atoms with Crippen molar-refractivity contribution in [1.82, 2.24) is 5.32 Å². The van der Waals surface area contributed by atoms with Gasteiger partial charge in [0.15, 0.2) is 11.5 Å². The lowest BCUT2D eigenvalue weighted by molar-refractivity contribution is 0.284. The maximum atomic E-state index is 6.00. The monoisotopic (exact) mass is 455 g/mol. The van der Waals surface area contributed by atoms with Crippen LogP contribution in [0.5, 0.6) is 17.2 Å². The van der Waals surface area contributed by atoms with Gasteiger partial charge in [0.2, 0.25) is 0 Å². The molecule has 3 aromatic carbocycles. The Hall–Kier alpha value is -2.50. The van der Waals surface area contributed by atoms with Gasteiger partial charge < -0.3 is 19.5 Å². The van der Waals surface area contributed by atoms with E-state index >= 15 is 0 Å². The van der Waals surface area contributed by atoms with E-state index in [4.69, 9.17) is 14.2 Å². The molecule has 0 fully saturated rings. The van der Waals surface area contributed by atoms with Gasteiger partial charge in [-0.3, -0.25) is 0 Å². The molecular weight excluding hydrogens is 430 g/mol. The number of nitrogens with one attached hydrogen (secondary N) is 1. The zero-order chi connectivity index (χ0) is 20.6. The van der Waals surface area contributed by atoms with Gasteiger partial charge in [0, 0.05) is 23.1 Å². The van der Waals surface area contributed by atoms with Crippen molar-refractivity contribution in [3.05, 3.63) is 87.4 Å². The molecule has 4 nitrogen and oxygen atoms in total. The summed E-state index contributed by atoms with van der Waals surface area (Å²) in [4.78, 5) is 0. The van der Waals surface area contributed by atoms with Crippen molar-refractivity contribution in [3.63, 3.8) is 0 Å². The Bertz CT molecular complexity index is 941. The van der Waals surface area contributed by atoms with Gasteiger partial charge in [0.05, 0.1) is 14.2 Å². The van der Waals surface area contributed by atoms with Crippen LogP contribution in [0.1, 0.15) is 22.3 Å². The van der Waals surface area contributed by atoms with Crippen LogP contribution in [-0.4, -0.2) is 14.2 Å². The maximum absolute atomic E-state index is 6.00. The van der Waals surface area contributed by atoms with Crippen molar-refractivity contribution in [2.24, 2.45) is 0 Å². The standard InChI is InChI=1S/C24H26BrNO3/c1-17-8-10-18(11-9-17)16-29-24-13-21(25)20(12-23(24)28-3)15-26-14-19-6-4-5-7-22(19)27-2/h4-13,26H,14-16H2,1-3H3. The van der Waals surface area contributed by atoms with E-state index in [9.17, 15) is 0 Å². The van der Waals surface area contributed by atoms with Crippen molar-refractivity contribution in [2.75, 3.05) is 14.2 Å². The fourth-order valence-corrected chi connectivity index (χ4v) is 3.47. The molecule has 0 saturated carbocycles. The lowest BCUT2D eigenvalue weighted by Gasteiger charge is -2.15. The highest BCUT2D eigenvalue weighted by Crippen LogP contribution is 2.34. The molecule has 0 amide bonds. The molecule has 0 aliphatic carbocycles. The van der Waals surface area contributed by atoms with E-state index in [1.807, 2.05) is 30.3 Å². The summed E-state index contributed by atoms with van der Waals surface area (Å²) in [5, 5.41) is 3.46. The van der Waals surface area contributed by atoms with E-state index in [1.54, 1.807) is 14.2 Å². The zero-order valence-corrected chi connectivity index (χ0v) is 18.6. The van der Waals surface area contributed by atoms with E-state index in [1.165, 1.54) is 5.56 Å².